The Morgan fingerprint density at radius 1 is 1.36 bits per heavy atom. The van der Waals surface area contributed by atoms with Crippen LogP contribution in [0.1, 0.15) is 28.7 Å². The molecule has 0 saturated carbocycles. The summed E-state index contributed by atoms with van der Waals surface area (Å²) in [5.41, 5.74) is 1.92. The molecule has 116 valence electrons. The summed E-state index contributed by atoms with van der Waals surface area (Å²) >= 11 is 0. The van der Waals surface area contributed by atoms with Crippen molar-refractivity contribution in [3.05, 3.63) is 53.4 Å². The number of hydrogen-bond acceptors (Lipinski definition) is 3. The summed E-state index contributed by atoms with van der Waals surface area (Å²) in [4.78, 5) is 18.5. The van der Waals surface area contributed by atoms with E-state index < -0.39 is 5.82 Å². The van der Waals surface area contributed by atoms with Gasteiger partial charge in [0.2, 0.25) is 0 Å². The fraction of sp³-hybridized carbons (Fsp3) is 0.375. The lowest BCUT2D eigenvalue weighted by Gasteiger charge is -2.29. The topological polar surface area (TPSA) is 47.4 Å². The van der Waals surface area contributed by atoms with Crippen LogP contribution in [0, 0.1) is 5.82 Å². The van der Waals surface area contributed by atoms with E-state index in [2.05, 4.69) is 4.98 Å². The van der Waals surface area contributed by atoms with E-state index in [-0.39, 0.29) is 11.5 Å². The van der Waals surface area contributed by atoms with Crippen LogP contribution >= 0.6 is 0 Å². The second kappa shape index (κ2) is 6.27. The van der Waals surface area contributed by atoms with Gasteiger partial charge >= 0.3 is 0 Å². The van der Waals surface area contributed by atoms with Crippen LogP contribution in [0.25, 0.3) is 0 Å². The lowest BCUT2D eigenvalue weighted by Crippen LogP contribution is -2.38. The summed E-state index contributed by atoms with van der Waals surface area (Å²) in [7, 11) is 0. The molecule has 0 bridgehead atoms. The first-order chi connectivity index (χ1) is 10.7. The maximum Gasteiger partial charge on any atom is 0.257 e. The second-order valence-electron chi connectivity index (χ2n) is 5.18. The zero-order chi connectivity index (χ0) is 15.5. The monoisotopic (exact) mass is 303 g/mol. The molecule has 1 aliphatic heterocycles. The Kier molecular flexibility index (Phi) is 4.20. The fourth-order valence-electron chi connectivity index (χ4n) is 2.61. The van der Waals surface area contributed by atoms with Crippen LogP contribution < -0.4 is 0 Å². The van der Waals surface area contributed by atoms with Crippen LogP contribution in [0.5, 0.6) is 0 Å². The molecule has 1 amide bonds. The van der Waals surface area contributed by atoms with E-state index in [9.17, 15) is 9.18 Å². The van der Waals surface area contributed by atoms with Gasteiger partial charge in [-0.05, 0) is 19.1 Å². The highest BCUT2D eigenvalue weighted by Gasteiger charge is 2.25. The minimum absolute atomic E-state index is 0.113. The number of rotatable bonds is 4. The molecule has 0 aliphatic carbocycles. The molecule has 2 aromatic rings. The van der Waals surface area contributed by atoms with Gasteiger partial charge in [0, 0.05) is 19.7 Å². The highest BCUT2D eigenvalue weighted by Crippen LogP contribution is 2.20. The van der Waals surface area contributed by atoms with Crippen LogP contribution in [0.2, 0.25) is 0 Å². The van der Waals surface area contributed by atoms with Gasteiger partial charge in [0.1, 0.15) is 5.82 Å². The van der Waals surface area contributed by atoms with Gasteiger partial charge in [-0.1, -0.05) is 12.1 Å². The first-order valence-electron chi connectivity index (χ1n) is 7.35. The van der Waals surface area contributed by atoms with Gasteiger partial charge in [0.15, 0.2) is 0 Å². The van der Waals surface area contributed by atoms with Crippen molar-refractivity contribution in [2.45, 2.75) is 26.6 Å². The lowest BCUT2D eigenvalue weighted by molar-refractivity contribution is 0.0701. The van der Waals surface area contributed by atoms with Gasteiger partial charge in [-0.15, -0.1) is 0 Å². The second-order valence-corrected chi connectivity index (χ2v) is 5.18. The van der Waals surface area contributed by atoms with E-state index in [1.54, 1.807) is 23.4 Å². The van der Waals surface area contributed by atoms with Crippen molar-refractivity contribution in [1.82, 2.24) is 14.5 Å². The van der Waals surface area contributed by atoms with Gasteiger partial charge in [-0.2, -0.15) is 0 Å². The number of nitrogens with zero attached hydrogens (tertiary/aromatic N) is 3. The summed E-state index contributed by atoms with van der Waals surface area (Å²) in [6.07, 6.45) is 1.77. The largest absolute Gasteiger partial charge is 0.375 e. The number of aromatic nitrogens is 2. The third kappa shape index (κ3) is 2.74. The number of benzene rings is 1. The average Bonchev–Trinajstić information content (AvgIpc) is 2.95. The summed E-state index contributed by atoms with van der Waals surface area (Å²) in [6.45, 7) is 4.61. The maximum atomic E-state index is 13.8. The number of carbonyl (C=O) groups excluding carboxylic acids is 1. The van der Waals surface area contributed by atoms with E-state index in [4.69, 9.17) is 4.74 Å². The van der Waals surface area contributed by atoms with Crippen molar-refractivity contribution in [2.75, 3.05) is 13.2 Å². The van der Waals surface area contributed by atoms with Crippen LogP contribution in [-0.4, -0.2) is 33.5 Å². The molecule has 2 heterocycles. The third-order valence-electron chi connectivity index (χ3n) is 3.82. The first kappa shape index (κ1) is 14.7. The average molecular weight is 303 g/mol. The van der Waals surface area contributed by atoms with E-state index >= 15 is 0 Å². The Morgan fingerprint density at radius 3 is 2.95 bits per heavy atom. The SMILES string of the molecule is CCOCc1ncn2c1CN(C(=O)c1ccccc1F)CC2. The highest BCUT2D eigenvalue weighted by atomic mass is 19.1. The zero-order valence-electron chi connectivity index (χ0n) is 12.5. The fourth-order valence-corrected chi connectivity index (χ4v) is 2.61. The minimum Gasteiger partial charge on any atom is -0.375 e. The van der Waals surface area contributed by atoms with E-state index in [0.717, 1.165) is 11.4 Å². The quantitative estimate of drug-likeness (QED) is 0.870. The molecule has 1 aromatic heterocycles. The number of imidazole rings is 1. The Bertz CT molecular complexity index is 684. The summed E-state index contributed by atoms with van der Waals surface area (Å²) in [5.74, 6) is -0.769. The van der Waals surface area contributed by atoms with Crippen molar-refractivity contribution in [3.63, 3.8) is 0 Å². The number of ether oxygens (including phenoxy) is 1. The Hall–Kier alpha value is -2.21. The summed E-state index contributed by atoms with van der Waals surface area (Å²) in [6, 6.07) is 6.08. The Balaban J connectivity index is 1.80. The smallest absolute Gasteiger partial charge is 0.257 e. The van der Waals surface area contributed by atoms with Crippen molar-refractivity contribution in [2.24, 2.45) is 0 Å². The molecule has 0 atom stereocenters. The van der Waals surface area contributed by atoms with Gasteiger partial charge in [-0.25, -0.2) is 9.37 Å². The molecule has 0 saturated heterocycles. The maximum absolute atomic E-state index is 13.8. The first-order valence-corrected chi connectivity index (χ1v) is 7.35. The minimum atomic E-state index is -0.485. The highest BCUT2D eigenvalue weighted by molar-refractivity contribution is 5.94. The van der Waals surface area contributed by atoms with Crippen LogP contribution in [0.3, 0.4) is 0 Å². The number of halogens is 1. The molecule has 0 unspecified atom stereocenters. The molecule has 0 fully saturated rings. The normalized spacial score (nSPS) is 14.0. The van der Waals surface area contributed by atoms with E-state index in [0.29, 0.717) is 32.8 Å². The molecule has 0 radical (unpaired) electrons. The van der Waals surface area contributed by atoms with Crippen LogP contribution in [0.15, 0.2) is 30.6 Å². The number of hydrogen-bond donors (Lipinski definition) is 0. The molecular weight excluding hydrogens is 285 g/mol. The number of fused-ring (bicyclic) bond motifs is 1. The Morgan fingerprint density at radius 2 is 2.18 bits per heavy atom. The third-order valence-corrected chi connectivity index (χ3v) is 3.82. The lowest BCUT2D eigenvalue weighted by atomic mass is 10.1. The molecule has 0 spiro atoms. The van der Waals surface area contributed by atoms with Gasteiger partial charge in [0.05, 0.1) is 36.4 Å². The van der Waals surface area contributed by atoms with Crippen LogP contribution in [-0.2, 0) is 24.4 Å². The Labute approximate surface area is 128 Å². The number of carbonyl (C=O) groups is 1. The molecule has 6 heteroatoms. The molecule has 1 aromatic carbocycles. The van der Waals surface area contributed by atoms with Gasteiger partial charge in [0.25, 0.3) is 5.91 Å². The molecule has 5 nitrogen and oxygen atoms in total. The van der Waals surface area contributed by atoms with Gasteiger partial charge < -0.3 is 14.2 Å². The predicted octanol–water partition coefficient (Wildman–Crippen LogP) is 2.21. The molecule has 0 N–H and O–H groups in total. The molecule has 3 rings (SSSR count). The summed E-state index contributed by atoms with van der Waals surface area (Å²) in [5, 5.41) is 0. The van der Waals surface area contributed by atoms with Crippen molar-refractivity contribution < 1.29 is 13.9 Å². The number of amides is 1. The van der Waals surface area contributed by atoms with E-state index in [1.165, 1.54) is 12.1 Å². The van der Waals surface area contributed by atoms with E-state index in [1.807, 2.05) is 11.5 Å². The van der Waals surface area contributed by atoms with Crippen molar-refractivity contribution in [1.29, 1.82) is 0 Å². The van der Waals surface area contributed by atoms with Gasteiger partial charge in [-0.3, -0.25) is 4.79 Å². The predicted molar refractivity (Wildman–Crippen MR) is 78.7 cm³/mol. The molecule has 22 heavy (non-hydrogen) atoms. The van der Waals surface area contributed by atoms with Crippen LogP contribution in [0.4, 0.5) is 4.39 Å². The zero-order valence-corrected chi connectivity index (χ0v) is 12.5. The molecular formula is C16H18FN3O2. The van der Waals surface area contributed by atoms with Crippen molar-refractivity contribution in [3.8, 4) is 0 Å². The molecule has 1 aliphatic rings. The van der Waals surface area contributed by atoms with Crippen molar-refractivity contribution >= 4 is 5.91 Å². The summed E-state index contributed by atoms with van der Waals surface area (Å²) < 4.78 is 21.2. The standard InChI is InChI=1S/C16H18FN3O2/c1-2-22-10-14-15-9-19(7-8-20(15)11-18-14)16(21)12-5-3-4-6-13(12)17/h3-6,11H,2,7-10H2,1H3.